The molecule has 6 heteroatoms. The maximum Gasteiger partial charge on any atom is 0.335 e. The van der Waals surface area contributed by atoms with Gasteiger partial charge in [-0.05, 0) is 61.2 Å². The lowest BCUT2D eigenvalue weighted by atomic mass is 9.77. The molecule has 0 saturated carbocycles. The first-order valence-electron chi connectivity index (χ1n) is 8.91. The predicted molar refractivity (Wildman–Crippen MR) is 105 cm³/mol. The highest BCUT2D eigenvalue weighted by molar-refractivity contribution is 6.11. The molecule has 6 nitrogen and oxygen atoms in total. The first kappa shape index (κ1) is 17.9. The zero-order valence-corrected chi connectivity index (χ0v) is 15.6. The summed E-state index contributed by atoms with van der Waals surface area (Å²) in [6, 6.07) is 12.4. The van der Waals surface area contributed by atoms with Crippen LogP contribution in [-0.2, 0) is 16.9 Å². The highest BCUT2D eigenvalue weighted by Crippen LogP contribution is 2.44. The lowest BCUT2D eigenvalue weighted by Crippen LogP contribution is -2.51. The number of dihydropyridines is 1. The van der Waals surface area contributed by atoms with Crippen LogP contribution in [0.2, 0.25) is 0 Å². The number of rotatable bonds is 4. The van der Waals surface area contributed by atoms with Crippen LogP contribution >= 0.6 is 0 Å². The van der Waals surface area contributed by atoms with Crippen LogP contribution in [0.1, 0.15) is 28.4 Å². The average Bonchev–Trinajstić information content (AvgIpc) is 2.71. The van der Waals surface area contributed by atoms with Crippen LogP contribution in [0.5, 0.6) is 5.75 Å². The summed E-state index contributed by atoms with van der Waals surface area (Å²) in [7, 11) is 1.61. The van der Waals surface area contributed by atoms with Gasteiger partial charge in [-0.3, -0.25) is 4.79 Å². The van der Waals surface area contributed by atoms with Gasteiger partial charge in [-0.1, -0.05) is 12.1 Å². The van der Waals surface area contributed by atoms with E-state index >= 15 is 0 Å². The molecule has 1 unspecified atom stereocenters. The molecule has 2 aromatic rings. The minimum atomic E-state index is -0.998. The van der Waals surface area contributed by atoms with Crippen molar-refractivity contribution in [3.05, 3.63) is 83.1 Å². The summed E-state index contributed by atoms with van der Waals surface area (Å²) in [5, 5.41) is 12.7. The van der Waals surface area contributed by atoms with Gasteiger partial charge in [-0.15, -0.1) is 0 Å². The molecule has 2 heterocycles. The minimum Gasteiger partial charge on any atom is -0.497 e. The Bertz CT molecular complexity index is 1020. The van der Waals surface area contributed by atoms with Crippen LogP contribution in [-0.4, -0.2) is 24.1 Å². The Morgan fingerprint density at radius 1 is 1.21 bits per heavy atom. The number of carboxylic acids is 1. The van der Waals surface area contributed by atoms with Crippen molar-refractivity contribution in [1.29, 1.82) is 0 Å². The fraction of sp³-hybridized carbons (Fsp3) is 0.182. The molecule has 28 heavy (non-hydrogen) atoms. The zero-order valence-electron chi connectivity index (χ0n) is 15.6. The van der Waals surface area contributed by atoms with Crippen LogP contribution in [0.3, 0.4) is 0 Å². The number of ether oxygens (including phenoxy) is 1. The van der Waals surface area contributed by atoms with Gasteiger partial charge in [-0.25, -0.2) is 4.79 Å². The number of carboxylic acid groups (broad SMARTS) is 1. The van der Waals surface area contributed by atoms with E-state index in [0.29, 0.717) is 17.8 Å². The largest absolute Gasteiger partial charge is 0.497 e. The van der Waals surface area contributed by atoms with E-state index in [1.54, 1.807) is 42.5 Å². The average molecular weight is 376 g/mol. The third-order valence-electron chi connectivity index (χ3n) is 5.32. The van der Waals surface area contributed by atoms with E-state index in [9.17, 15) is 14.7 Å². The number of aromatic carboxylic acids is 1. The van der Waals surface area contributed by atoms with E-state index in [0.717, 1.165) is 16.9 Å². The number of allylic oxidation sites excluding steroid dienone is 2. The maximum atomic E-state index is 13.3. The number of fused-ring (bicyclic) bond motifs is 3. The molecule has 142 valence electrons. The Hall–Kier alpha value is -3.54. The number of anilines is 1. The van der Waals surface area contributed by atoms with E-state index in [1.165, 1.54) is 6.07 Å². The first-order chi connectivity index (χ1) is 13.4. The van der Waals surface area contributed by atoms with Gasteiger partial charge in [0.25, 0.3) is 5.91 Å². The van der Waals surface area contributed by atoms with Crippen LogP contribution < -0.4 is 15.0 Å². The van der Waals surface area contributed by atoms with Gasteiger partial charge in [0, 0.05) is 11.1 Å². The van der Waals surface area contributed by atoms with E-state index in [4.69, 9.17) is 4.74 Å². The SMILES string of the molecule is COc1ccc(CN2C(=O)C3=CC=CNC3(C)c3cc(C(=O)O)ccc32)cc1. The molecular formula is C22H20N2O4. The lowest BCUT2D eigenvalue weighted by molar-refractivity contribution is -0.116. The van der Waals surface area contributed by atoms with Gasteiger partial charge >= 0.3 is 5.97 Å². The van der Waals surface area contributed by atoms with Crippen molar-refractivity contribution in [1.82, 2.24) is 5.32 Å². The molecule has 0 aliphatic carbocycles. The Balaban J connectivity index is 1.83. The molecule has 2 N–H and O–H groups in total. The van der Waals surface area contributed by atoms with Crippen molar-refractivity contribution in [3.63, 3.8) is 0 Å². The van der Waals surface area contributed by atoms with Gasteiger partial charge in [0.1, 0.15) is 5.75 Å². The lowest BCUT2D eigenvalue weighted by Gasteiger charge is -2.44. The van der Waals surface area contributed by atoms with Gasteiger partial charge in [0.05, 0.1) is 30.4 Å². The van der Waals surface area contributed by atoms with E-state index in [2.05, 4.69) is 5.32 Å². The molecule has 1 atom stereocenters. The molecular weight excluding hydrogens is 356 g/mol. The van der Waals surface area contributed by atoms with Gasteiger partial charge in [0.15, 0.2) is 0 Å². The second-order valence-electron chi connectivity index (χ2n) is 6.99. The highest BCUT2D eigenvalue weighted by Gasteiger charge is 2.44. The van der Waals surface area contributed by atoms with E-state index in [-0.39, 0.29) is 11.5 Å². The van der Waals surface area contributed by atoms with Crippen LogP contribution in [0.15, 0.2) is 66.4 Å². The topological polar surface area (TPSA) is 78.9 Å². The standard InChI is InChI=1S/C22H20N2O4/c1-22-17(4-3-11-23-22)20(25)24(13-14-5-8-16(28-2)9-6-14)19-10-7-15(21(26)27)12-18(19)22/h3-12,23H,13H2,1-2H3,(H,26,27). The quantitative estimate of drug-likeness (QED) is 0.857. The number of nitrogens with zero attached hydrogens (tertiary/aromatic N) is 1. The molecule has 0 fully saturated rings. The summed E-state index contributed by atoms with van der Waals surface area (Å²) in [6.07, 6.45) is 5.34. The molecule has 0 saturated heterocycles. The molecule has 0 spiro atoms. The van der Waals surface area contributed by atoms with Crippen molar-refractivity contribution in [2.75, 3.05) is 12.0 Å². The third-order valence-corrected chi connectivity index (χ3v) is 5.32. The molecule has 4 rings (SSSR count). The van der Waals surface area contributed by atoms with Crippen molar-refractivity contribution in [2.24, 2.45) is 0 Å². The maximum absolute atomic E-state index is 13.3. The Morgan fingerprint density at radius 3 is 2.64 bits per heavy atom. The van der Waals surface area contributed by atoms with Gasteiger partial charge in [-0.2, -0.15) is 0 Å². The smallest absolute Gasteiger partial charge is 0.335 e. The third kappa shape index (κ3) is 2.74. The Morgan fingerprint density at radius 2 is 1.96 bits per heavy atom. The number of carbonyl (C=O) groups is 2. The molecule has 2 aliphatic heterocycles. The number of hydrogen-bond acceptors (Lipinski definition) is 4. The van der Waals surface area contributed by atoms with Crippen molar-refractivity contribution < 1.29 is 19.4 Å². The molecule has 2 aliphatic rings. The van der Waals surface area contributed by atoms with Crippen molar-refractivity contribution >= 4 is 17.6 Å². The normalized spacial score (nSPS) is 20.0. The molecule has 0 radical (unpaired) electrons. The van der Waals surface area contributed by atoms with Crippen LogP contribution in [0, 0.1) is 0 Å². The van der Waals surface area contributed by atoms with Crippen molar-refractivity contribution in [3.8, 4) is 5.75 Å². The number of methoxy groups -OCH3 is 1. The van der Waals surface area contributed by atoms with Crippen LogP contribution in [0.25, 0.3) is 0 Å². The summed E-state index contributed by atoms with van der Waals surface area (Å²) in [6.45, 7) is 2.27. The summed E-state index contributed by atoms with van der Waals surface area (Å²) in [4.78, 5) is 26.5. The van der Waals surface area contributed by atoms with Gasteiger partial charge in [0.2, 0.25) is 0 Å². The molecule has 2 aromatic carbocycles. The summed E-state index contributed by atoms with van der Waals surface area (Å²) < 4.78 is 5.19. The summed E-state index contributed by atoms with van der Waals surface area (Å²) >= 11 is 0. The molecule has 1 amide bonds. The number of nitrogens with one attached hydrogen (secondary N) is 1. The second-order valence-corrected chi connectivity index (χ2v) is 6.99. The van der Waals surface area contributed by atoms with Gasteiger partial charge < -0.3 is 20.1 Å². The predicted octanol–water partition coefficient (Wildman–Crippen LogP) is 3.20. The number of amides is 1. The van der Waals surface area contributed by atoms with Crippen molar-refractivity contribution in [2.45, 2.75) is 19.0 Å². The fourth-order valence-electron chi connectivity index (χ4n) is 3.74. The Kier molecular flexibility index (Phi) is 4.19. The number of carbonyl (C=O) groups excluding carboxylic acids is 1. The first-order valence-corrected chi connectivity index (χ1v) is 8.91. The Labute approximate surface area is 162 Å². The van der Waals surface area contributed by atoms with E-state index < -0.39 is 11.5 Å². The second kappa shape index (κ2) is 6.56. The molecule has 0 aromatic heterocycles. The number of hydrogen-bond donors (Lipinski definition) is 2. The van der Waals surface area contributed by atoms with Crippen LogP contribution in [0.4, 0.5) is 5.69 Å². The minimum absolute atomic E-state index is 0.106. The zero-order chi connectivity index (χ0) is 19.9. The monoisotopic (exact) mass is 376 g/mol. The molecule has 0 bridgehead atoms. The van der Waals surface area contributed by atoms with E-state index in [1.807, 2.05) is 31.2 Å². The highest BCUT2D eigenvalue weighted by atomic mass is 16.5. The number of benzene rings is 2. The summed E-state index contributed by atoms with van der Waals surface area (Å²) in [5.41, 5.74) is 2.41. The fourth-order valence-corrected chi connectivity index (χ4v) is 3.74. The summed E-state index contributed by atoms with van der Waals surface area (Å²) in [5.74, 6) is -0.357.